The Balaban J connectivity index is 1.79. The maximum atomic E-state index is 5.14. The summed E-state index contributed by atoms with van der Waals surface area (Å²) in [6, 6.07) is 9.54. The number of aromatic nitrogens is 2. The number of benzene rings is 1. The van der Waals surface area contributed by atoms with Crippen LogP contribution in [0.3, 0.4) is 0 Å². The Hall–Kier alpha value is -2.76. The van der Waals surface area contributed by atoms with E-state index in [9.17, 15) is 0 Å². The van der Waals surface area contributed by atoms with Crippen LogP contribution in [0.1, 0.15) is 5.69 Å². The monoisotopic (exact) mass is 283 g/mol. The maximum absolute atomic E-state index is 5.14. The second-order valence-electron chi connectivity index (χ2n) is 4.71. The van der Waals surface area contributed by atoms with Gasteiger partial charge >= 0.3 is 0 Å². The normalized spacial score (nSPS) is 13.6. The van der Waals surface area contributed by atoms with E-state index in [1.165, 1.54) is 0 Å². The van der Waals surface area contributed by atoms with Crippen LogP contribution in [0, 0.1) is 0 Å². The van der Waals surface area contributed by atoms with E-state index in [1.807, 2.05) is 43.6 Å². The van der Waals surface area contributed by atoms with Gasteiger partial charge in [0.05, 0.1) is 25.2 Å². The van der Waals surface area contributed by atoms with Crippen LogP contribution in [0.15, 0.2) is 42.7 Å². The highest BCUT2D eigenvalue weighted by Crippen LogP contribution is 2.21. The van der Waals surface area contributed by atoms with Crippen molar-refractivity contribution in [3.63, 3.8) is 0 Å². The summed E-state index contributed by atoms with van der Waals surface area (Å²) >= 11 is 0. The third-order valence-corrected chi connectivity index (χ3v) is 3.24. The summed E-state index contributed by atoms with van der Waals surface area (Å²) < 4.78 is 5.14. The van der Waals surface area contributed by atoms with Crippen LogP contribution >= 0.6 is 0 Å². The minimum atomic E-state index is 0.568. The zero-order valence-corrected chi connectivity index (χ0v) is 12.0. The summed E-state index contributed by atoms with van der Waals surface area (Å²) in [6.45, 7) is 0.792. The van der Waals surface area contributed by atoms with E-state index < -0.39 is 0 Å². The molecule has 21 heavy (non-hydrogen) atoms. The molecule has 0 fully saturated rings. The molecule has 2 aromatic rings. The third kappa shape index (κ3) is 2.89. The van der Waals surface area contributed by atoms with Crippen molar-refractivity contribution in [3.8, 4) is 5.75 Å². The minimum Gasteiger partial charge on any atom is -0.497 e. The molecule has 108 valence electrons. The Morgan fingerprint density at radius 1 is 1.24 bits per heavy atom. The van der Waals surface area contributed by atoms with Crippen LogP contribution in [0.25, 0.3) is 5.70 Å². The number of nitrogens with one attached hydrogen (secondary N) is 2. The molecule has 2 N–H and O–H groups in total. The molecule has 0 aliphatic carbocycles. The molecular weight excluding hydrogens is 266 g/mol. The van der Waals surface area contributed by atoms with E-state index in [4.69, 9.17) is 4.74 Å². The highest BCUT2D eigenvalue weighted by atomic mass is 16.5. The van der Waals surface area contributed by atoms with Crippen molar-refractivity contribution in [1.82, 2.24) is 20.2 Å². The molecule has 0 saturated heterocycles. The lowest BCUT2D eigenvalue weighted by Gasteiger charge is -2.14. The summed E-state index contributed by atoms with van der Waals surface area (Å²) in [4.78, 5) is 10.9. The smallest absolute Gasteiger partial charge is 0.227 e. The Kier molecular flexibility index (Phi) is 3.59. The van der Waals surface area contributed by atoms with Crippen LogP contribution in [0.4, 0.5) is 11.6 Å². The van der Waals surface area contributed by atoms with Crippen molar-refractivity contribution in [2.75, 3.05) is 26.1 Å². The van der Waals surface area contributed by atoms with Crippen molar-refractivity contribution in [2.45, 2.75) is 0 Å². The van der Waals surface area contributed by atoms with E-state index >= 15 is 0 Å². The molecule has 1 aliphatic rings. The largest absolute Gasteiger partial charge is 0.497 e. The number of hydrogen-bond donors (Lipinski definition) is 2. The molecule has 1 aliphatic heterocycles. The highest BCUT2D eigenvalue weighted by molar-refractivity contribution is 5.63. The Labute approximate surface area is 123 Å². The van der Waals surface area contributed by atoms with Gasteiger partial charge in [-0.3, -0.25) is 0 Å². The van der Waals surface area contributed by atoms with Gasteiger partial charge in [0.25, 0.3) is 0 Å². The molecule has 2 heterocycles. The fourth-order valence-corrected chi connectivity index (χ4v) is 2.11. The van der Waals surface area contributed by atoms with Gasteiger partial charge in [-0.25, -0.2) is 9.97 Å². The van der Waals surface area contributed by atoms with Gasteiger partial charge in [-0.15, -0.1) is 0 Å². The zero-order chi connectivity index (χ0) is 14.7. The van der Waals surface area contributed by atoms with E-state index in [0.29, 0.717) is 5.95 Å². The molecule has 0 unspecified atom stereocenters. The number of rotatable bonds is 4. The molecule has 1 aromatic heterocycles. The molecule has 0 radical (unpaired) electrons. The number of anilines is 2. The second kappa shape index (κ2) is 5.70. The fraction of sp³-hybridized carbons (Fsp3) is 0.200. The van der Waals surface area contributed by atoms with Gasteiger partial charge in [-0.2, -0.15) is 0 Å². The van der Waals surface area contributed by atoms with Crippen molar-refractivity contribution in [2.24, 2.45) is 0 Å². The predicted molar refractivity (Wildman–Crippen MR) is 82.1 cm³/mol. The van der Waals surface area contributed by atoms with Crippen LogP contribution < -0.4 is 15.4 Å². The predicted octanol–water partition coefficient (Wildman–Crippen LogP) is 2.02. The lowest BCUT2D eigenvalue weighted by Crippen LogP contribution is -2.18. The SMILES string of the molecule is COc1ccc(Nc2nccc(C3=CNCN3C)n2)cc1. The average Bonchev–Trinajstić information content (AvgIpc) is 2.94. The maximum Gasteiger partial charge on any atom is 0.227 e. The van der Waals surface area contributed by atoms with Gasteiger partial charge in [0.2, 0.25) is 5.95 Å². The number of nitrogens with zero attached hydrogens (tertiary/aromatic N) is 3. The van der Waals surface area contributed by atoms with Crippen LogP contribution in [-0.2, 0) is 0 Å². The first-order valence-corrected chi connectivity index (χ1v) is 6.65. The van der Waals surface area contributed by atoms with Gasteiger partial charge in [-0.1, -0.05) is 0 Å². The number of methoxy groups -OCH3 is 1. The summed E-state index contributed by atoms with van der Waals surface area (Å²) in [6.07, 6.45) is 3.71. The molecule has 0 saturated carbocycles. The third-order valence-electron chi connectivity index (χ3n) is 3.24. The Morgan fingerprint density at radius 3 is 2.71 bits per heavy atom. The molecule has 0 atom stereocenters. The average molecular weight is 283 g/mol. The van der Waals surface area contributed by atoms with E-state index in [1.54, 1.807) is 13.3 Å². The van der Waals surface area contributed by atoms with Gasteiger partial charge in [-0.05, 0) is 30.3 Å². The highest BCUT2D eigenvalue weighted by Gasteiger charge is 2.14. The molecular formula is C15H17N5O. The van der Waals surface area contributed by atoms with Gasteiger partial charge in [0, 0.05) is 25.1 Å². The lowest BCUT2D eigenvalue weighted by atomic mass is 10.3. The first-order chi connectivity index (χ1) is 10.3. The van der Waals surface area contributed by atoms with Crippen LogP contribution in [-0.4, -0.2) is 35.7 Å². The minimum absolute atomic E-state index is 0.568. The van der Waals surface area contributed by atoms with Crippen molar-refractivity contribution in [3.05, 3.63) is 48.4 Å². The number of ether oxygens (including phenoxy) is 1. The molecule has 6 heteroatoms. The van der Waals surface area contributed by atoms with Gasteiger partial charge in [0.15, 0.2) is 0 Å². The van der Waals surface area contributed by atoms with E-state index in [-0.39, 0.29) is 0 Å². The van der Waals surface area contributed by atoms with E-state index in [0.717, 1.165) is 29.5 Å². The first-order valence-electron chi connectivity index (χ1n) is 6.65. The van der Waals surface area contributed by atoms with Gasteiger partial charge in [0.1, 0.15) is 5.75 Å². The summed E-state index contributed by atoms with van der Waals surface area (Å²) in [7, 11) is 3.67. The van der Waals surface area contributed by atoms with Crippen molar-refractivity contribution in [1.29, 1.82) is 0 Å². The van der Waals surface area contributed by atoms with Gasteiger partial charge < -0.3 is 20.3 Å². The Morgan fingerprint density at radius 2 is 2.05 bits per heavy atom. The quantitative estimate of drug-likeness (QED) is 0.895. The van der Waals surface area contributed by atoms with Crippen LogP contribution in [0.5, 0.6) is 5.75 Å². The molecule has 1 aromatic carbocycles. The molecule has 6 nitrogen and oxygen atoms in total. The first kappa shape index (κ1) is 13.2. The molecule has 0 spiro atoms. The fourth-order valence-electron chi connectivity index (χ4n) is 2.11. The van der Waals surface area contributed by atoms with Crippen molar-refractivity contribution >= 4 is 17.3 Å². The summed E-state index contributed by atoms with van der Waals surface area (Å²) in [5, 5.41) is 6.36. The summed E-state index contributed by atoms with van der Waals surface area (Å²) in [5.74, 6) is 1.39. The molecule has 3 rings (SSSR count). The zero-order valence-electron chi connectivity index (χ0n) is 12.0. The number of hydrogen-bond acceptors (Lipinski definition) is 6. The van der Waals surface area contributed by atoms with E-state index in [2.05, 4.69) is 25.5 Å². The molecule has 0 bridgehead atoms. The standard InChI is InChI=1S/C15H17N5O/c1-20-10-16-9-14(20)13-7-8-17-15(19-13)18-11-3-5-12(21-2)6-4-11/h3-9,16H,10H2,1-2H3,(H,17,18,19). The van der Waals surface area contributed by atoms with Crippen molar-refractivity contribution < 1.29 is 4.74 Å². The Bertz CT molecular complexity index is 653. The second-order valence-corrected chi connectivity index (χ2v) is 4.71. The van der Waals surface area contributed by atoms with Crippen LogP contribution in [0.2, 0.25) is 0 Å². The molecule has 0 amide bonds. The summed E-state index contributed by atoms with van der Waals surface area (Å²) in [5.41, 5.74) is 2.85. The topological polar surface area (TPSA) is 62.3 Å². The lowest BCUT2D eigenvalue weighted by molar-refractivity contribution is 0.415.